The second kappa shape index (κ2) is 8.43. The van der Waals surface area contributed by atoms with Crippen molar-refractivity contribution in [1.29, 1.82) is 0 Å². The molecular weight excluding hydrogens is 352 g/mol. The van der Waals surface area contributed by atoms with Crippen molar-refractivity contribution < 1.29 is 14.3 Å². The molecule has 0 aliphatic carbocycles. The Balaban J connectivity index is 1.70. The summed E-state index contributed by atoms with van der Waals surface area (Å²) in [6.45, 7) is 1.39. The van der Waals surface area contributed by atoms with Gasteiger partial charge >= 0.3 is 0 Å². The summed E-state index contributed by atoms with van der Waals surface area (Å²) in [5.41, 5.74) is 1.41. The molecule has 26 heavy (non-hydrogen) atoms. The van der Waals surface area contributed by atoms with Crippen molar-refractivity contribution >= 4 is 23.2 Å². The molecule has 0 atom stereocenters. The number of halogens is 1. The molecule has 0 spiro atoms. The van der Waals surface area contributed by atoms with Gasteiger partial charge in [0.2, 0.25) is 5.91 Å². The predicted molar refractivity (Wildman–Crippen MR) is 103 cm³/mol. The normalized spacial score (nSPS) is 15.9. The van der Waals surface area contributed by atoms with Gasteiger partial charge in [-0.05, 0) is 42.7 Å². The Morgan fingerprint density at radius 1 is 1.15 bits per heavy atom. The molecule has 0 saturated carbocycles. The van der Waals surface area contributed by atoms with E-state index in [2.05, 4.69) is 10.6 Å². The number of anilines is 1. The SMILES string of the molecule is COc1ccccc1NCC(=O)NC1(c2ccc(Cl)cc2)CCOCC1. The van der Waals surface area contributed by atoms with Crippen molar-refractivity contribution in [1.82, 2.24) is 5.32 Å². The number of ether oxygens (including phenoxy) is 2. The molecular formula is C20H23ClN2O3. The van der Waals surface area contributed by atoms with Crippen LogP contribution in [0.15, 0.2) is 48.5 Å². The summed E-state index contributed by atoms with van der Waals surface area (Å²) in [5.74, 6) is 0.631. The van der Waals surface area contributed by atoms with Gasteiger partial charge in [0.05, 0.1) is 24.9 Å². The third-order valence-corrected chi connectivity index (χ3v) is 4.92. The summed E-state index contributed by atoms with van der Waals surface area (Å²) >= 11 is 6.01. The van der Waals surface area contributed by atoms with Crippen LogP contribution in [-0.2, 0) is 15.1 Å². The van der Waals surface area contributed by atoms with E-state index in [9.17, 15) is 4.79 Å². The van der Waals surface area contributed by atoms with Gasteiger partial charge in [0.15, 0.2) is 0 Å². The van der Waals surface area contributed by atoms with Gasteiger partial charge in [-0.3, -0.25) is 4.79 Å². The topological polar surface area (TPSA) is 59.6 Å². The van der Waals surface area contributed by atoms with Crippen LogP contribution in [0.1, 0.15) is 18.4 Å². The molecule has 0 aromatic heterocycles. The molecule has 1 saturated heterocycles. The smallest absolute Gasteiger partial charge is 0.239 e. The van der Waals surface area contributed by atoms with Gasteiger partial charge in [-0.15, -0.1) is 0 Å². The number of para-hydroxylation sites is 2. The Kier molecular flexibility index (Phi) is 6.01. The number of hydrogen-bond donors (Lipinski definition) is 2. The number of benzene rings is 2. The molecule has 1 aliphatic rings. The summed E-state index contributed by atoms with van der Waals surface area (Å²) in [7, 11) is 1.61. The van der Waals surface area contributed by atoms with Crippen molar-refractivity contribution in [2.75, 3.05) is 32.2 Å². The first kappa shape index (κ1) is 18.5. The maximum absolute atomic E-state index is 12.6. The van der Waals surface area contributed by atoms with Gasteiger partial charge in [0.1, 0.15) is 5.75 Å². The average molecular weight is 375 g/mol. The number of amides is 1. The third-order valence-electron chi connectivity index (χ3n) is 4.67. The first-order valence-corrected chi connectivity index (χ1v) is 9.02. The lowest BCUT2D eigenvalue weighted by atomic mass is 9.82. The van der Waals surface area contributed by atoms with Crippen LogP contribution in [0.4, 0.5) is 5.69 Å². The molecule has 2 aromatic rings. The largest absolute Gasteiger partial charge is 0.495 e. The Bertz CT molecular complexity index is 743. The second-order valence-electron chi connectivity index (χ2n) is 6.30. The van der Waals surface area contributed by atoms with Gasteiger partial charge in [-0.2, -0.15) is 0 Å². The molecule has 138 valence electrons. The predicted octanol–water partition coefficient (Wildman–Crippen LogP) is 3.58. The zero-order chi connectivity index (χ0) is 18.4. The van der Waals surface area contributed by atoms with Crippen LogP contribution < -0.4 is 15.4 Å². The molecule has 3 rings (SSSR count). The van der Waals surface area contributed by atoms with E-state index in [0.717, 1.165) is 24.1 Å². The van der Waals surface area contributed by atoms with Crippen LogP contribution in [0.25, 0.3) is 0 Å². The fourth-order valence-corrected chi connectivity index (χ4v) is 3.38. The number of methoxy groups -OCH3 is 1. The summed E-state index contributed by atoms with van der Waals surface area (Å²) in [6.07, 6.45) is 1.46. The summed E-state index contributed by atoms with van der Waals surface area (Å²) in [5, 5.41) is 7.03. The minimum Gasteiger partial charge on any atom is -0.495 e. The average Bonchev–Trinajstić information content (AvgIpc) is 2.67. The number of carbonyl (C=O) groups excluding carboxylic acids is 1. The molecule has 5 nitrogen and oxygen atoms in total. The van der Waals surface area contributed by atoms with Crippen molar-refractivity contribution in [3.8, 4) is 5.75 Å². The van der Waals surface area contributed by atoms with E-state index in [0.29, 0.717) is 24.0 Å². The Morgan fingerprint density at radius 3 is 2.54 bits per heavy atom. The Labute approximate surface area is 158 Å². The minimum absolute atomic E-state index is 0.0762. The summed E-state index contributed by atoms with van der Waals surface area (Å²) in [6, 6.07) is 15.2. The van der Waals surface area contributed by atoms with Gasteiger partial charge in [-0.1, -0.05) is 35.9 Å². The summed E-state index contributed by atoms with van der Waals surface area (Å²) < 4.78 is 10.8. The maximum Gasteiger partial charge on any atom is 0.239 e. The molecule has 1 aliphatic heterocycles. The highest BCUT2D eigenvalue weighted by molar-refractivity contribution is 6.30. The molecule has 2 aromatic carbocycles. The number of rotatable bonds is 6. The highest BCUT2D eigenvalue weighted by Crippen LogP contribution is 2.33. The van der Waals surface area contributed by atoms with Crippen molar-refractivity contribution in [2.45, 2.75) is 18.4 Å². The molecule has 6 heteroatoms. The standard InChI is InChI=1S/C20H23ClN2O3/c1-25-18-5-3-2-4-17(18)22-14-19(24)23-20(10-12-26-13-11-20)15-6-8-16(21)9-7-15/h2-9,22H,10-14H2,1H3,(H,23,24). The van der Waals surface area contributed by atoms with Gasteiger partial charge in [0, 0.05) is 18.2 Å². The highest BCUT2D eigenvalue weighted by atomic mass is 35.5. The lowest BCUT2D eigenvalue weighted by Gasteiger charge is -2.38. The third kappa shape index (κ3) is 4.29. The van der Waals surface area contributed by atoms with E-state index < -0.39 is 5.54 Å². The zero-order valence-electron chi connectivity index (χ0n) is 14.8. The fourth-order valence-electron chi connectivity index (χ4n) is 3.25. The van der Waals surface area contributed by atoms with E-state index in [-0.39, 0.29) is 12.5 Å². The highest BCUT2D eigenvalue weighted by Gasteiger charge is 2.35. The van der Waals surface area contributed by atoms with Crippen LogP contribution in [-0.4, -0.2) is 32.8 Å². The van der Waals surface area contributed by atoms with Gasteiger partial charge in [-0.25, -0.2) is 0 Å². The molecule has 1 amide bonds. The molecule has 1 heterocycles. The number of carbonyl (C=O) groups is 1. The minimum atomic E-state index is -0.428. The molecule has 0 radical (unpaired) electrons. The lowest BCUT2D eigenvalue weighted by molar-refractivity contribution is -0.122. The van der Waals surface area contributed by atoms with E-state index >= 15 is 0 Å². The van der Waals surface area contributed by atoms with Crippen LogP contribution in [0.3, 0.4) is 0 Å². The zero-order valence-corrected chi connectivity index (χ0v) is 15.5. The monoisotopic (exact) mass is 374 g/mol. The first-order valence-electron chi connectivity index (χ1n) is 8.65. The van der Waals surface area contributed by atoms with E-state index in [4.69, 9.17) is 21.1 Å². The molecule has 1 fully saturated rings. The number of nitrogens with one attached hydrogen (secondary N) is 2. The van der Waals surface area contributed by atoms with Crippen LogP contribution in [0, 0.1) is 0 Å². The fraction of sp³-hybridized carbons (Fsp3) is 0.350. The van der Waals surface area contributed by atoms with E-state index in [1.807, 2.05) is 48.5 Å². The quantitative estimate of drug-likeness (QED) is 0.811. The summed E-state index contributed by atoms with van der Waals surface area (Å²) in [4.78, 5) is 12.6. The Hall–Kier alpha value is -2.24. The van der Waals surface area contributed by atoms with E-state index in [1.165, 1.54) is 0 Å². The molecule has 2 N–H and O–H groups in total. The van der Waals surface area contributed by atoms with E-state index in [1.54, 1.807) is 7.11 Å². The lowest BCUT2D eigenvalue weighted by Crippen LogP contribution is -2.51. The molecule has 0 unspecified atom stereocenters. The van der Waals surface area contributed by atoms with Crippen LogP contribution >= 0.6 is 11.6 Å². The first-order chi connectivity index (χ1) is 12.6. The van der Waals surface area contributed by atoms with Crippen LogP contribution in [0.5, 0.6) is 5.75 Å². The second-order valence-corrected chi connectivity index (χ2v) is 6.74. The van der Waals surface area contributed by atoms with Crippen molar-refractivity contribution in [2.24, 2.45) is 0 Å². The molecule has 0 bridgehead atoms. The maximum atomic E-state index is 12.6. The van der Waals surface area contributed by atoms with Crippen LogP contribution in [0.2, 0.25) is 5.02 Å². The number of hydrogen-bond acceptors (Lipinski definition) is 4. The van der Waals surface area contributed by atoms with Crippen molar-refractivity contribution in [3.05, 3.63) is 59.1 Å². The Morgan fingerprint density at radius 2 is 1.85 bits per heavy atom. The van der Waals surface area contributed by atoms with Crippen molar-refractivity contribution in [3.63, 3.8) is 0 Å². The van der Waals surface area contributed by atoms with Gasteiger partial charge in [0.25, 0.3) is 0 Å². The van der Waals surface area contributed by atoms with Gasteiger partial charge < -0.3 is 20.1 Å².